The second kappa shape index (κ2) is 10.1. The fourth-order valence-corrected chi connectivity index (χ4v) is 4.47. The highest BCUT2D eigenvalue weighted by Gasteiger charge is 2.31. The van der Waals surface area contributed by atoms with Crippen LogP contribution in [0, 0.1) is 5.92 Å². The van der Waals surface area contributed by atoms with Crippen LogP contribution in [0.3, 0.4) is 0 Å². The van der Waals surface area contributed by atoms with Crippen LogP contribution in [0.5, 0.6) is 11.5 Å². The third kappa shape index (κ3) is 5.66. The van der Waals surface area contributed by atoms with Gasteiger partial charge in [-0.05, 0) is 30.0 Å². The minimum Gasteiger partial charge on any atom is -0.486 e. The third-order valence-electron chi connectivity index (χ3n) is 5.06. The lowest BCUT2D eigenvalue weighted by atomic mass is 10.1. The van der Waals surface area contributed by atoms with E-state index >= 15 is 0 Å². The van der Waals surface area contributed by atoms with Gasteiger partial charge in [0.05, 0.1) is 4.90 Å². The fourth-order valence-electron chi connectivity index (χ4n) is 3.12. The number of ketones is 1. The van der Waals surface area contributed by atoms with Crippen LogP contribution in [0.25, 0.3) is 0 Å². The van der Waals surface area contributed by atoms with Crippen LogP contribution in [0.2, 0.25) is 0 Å². The molecule has 1 aliphatic heterocycles. The number of benzene rings is 2. The zero-order chi connectivity index (χ0) is 23.3. The first-order valence-electron chi connectivity index (χ1n) is 10.4. The molecule has 3 rings (SSSR count). The summed E-state index contributed by atoms with van der Waals surface area (Å²) in [5.41, 5.74) is 1.51. The molecule has 1 aliphatic rings. The average Bonchev–Trinajstić information content (AvgIpc) is 2.80. The van der Waals surface area contributed by atoms with Crippen molar-refractivity contribution in [1.29, 1.82) is 0 Å². The Morgan fingerprint density at radius 2 is 1.69 bits per heavy atom. The van der Waals surface area contributed by atoms with Gasteiger partial charge in [-0.2, -0.15) is 4.72 Å². The van der Waals surface area contributed by atoms with E-state index in [0.717, 1.165) is 12.0 Å². The van der Waals surface area contributed by atoms with E-state index in [-0.39, 0.29) is 10.7 Å². The van der Waals surface area contributed by atoms with Gasteiger partial charge in [0.2, 0.25) is 10.0 Å². The van der Waals surface area contributed by atoms with Crippen LogP contribution < -0.4 is 14.2 Å². The molecule has 1 unspecified atom stereocenters. The van der Waals surface area contributed by atoms with E-state index in [1.165, 1.54) is 18.2 Å². The van der Waals surface area contributed by atoms with Crippen LogP contribution in [0.4, 0.5) is 0 Å². The van der Waals surface area contributed by atoms with E-state index in [1.807, 2.05) is 19.1 Å². The van der Waals surface area contributed by atoms with Crippen molar-refractivity contribution in [3.63, 3.8) is 0 Å². The molecule has 0 saturated heterocycles. The van der Waals surface area contributed by atoms with E-state index in [1.54, 1.807) is 26.0 Å². The molecule has 2 aromatic rings. The van der Waals surface area contributed by atoms with Crippen molar-refractivity contribution in [3.05, 3.63) is 53.6 Å². The number of hydrogen-bond acceptors (Lipinski definition) is 7. The number of sulfonamides is 1. The van der Waals surface area contributed by atoms with Gasteiger partial charge >= 0.3 is 5.97 Å². The molecule has 0 spiro atoms. The molecule has 172 valence electrons. The number of fused-ring (bicyclic) bond motifs is 1. The second-order valence-corrected chi connectivity index (χ2v) is 9.44. The molecule has 1 atom stereocenters. The van der Waals surface area contributed by atoms with Crippen LogP contribution >= 0.6 is 0 Å². The van der Waals surface area contributed by atoms with Crippen molar-refractivity contribution in [2.24, 2.45) is 5.92 Å². The molecule has 9 heteroatoms. The third-order valence-corrected chi connectivity index (χ3v) is 6.50. The Labute approximate surface area is 187 Å². The monoisotopic (exact) mass is 461 g/mol. The van der Waals surface area contributed by atoms with Crippen molar-refractivity contribution in [2.45, 2.75) is 38.1 Å². The summed E-state index contributed by atoms with van der Waals surface area (Å²) in [6, 6.07) is 10.1. The Morgan fingerprint density at radius 1 is 1.03 bits per heavy atom. The van der Waals surface area contributed by atoms with Gasteiger partial charge in [0.15, 0.2) is 23.9 Å². The van der Waals surface area contributed by atoms with Gasteiger partial charge in [0.25, 0.3) is 0 Å². The highest BCUT2D eigenvalue weighted by atomic mass is 32.2. The summed E-state index contributed by atoms with van der Waals surface area (Å²) < 4.78 is 44.1. The van der Waals surface area contributed by atoms with Crippen molar-refractivity contribution >= 4 is 21.8 Å². The number of ether oxygens (including phenoxy) is 3. The zero-order valence-corrected chi connectivity index (χ0v) is 19.1. The lowest BCUT2D eigenvalue weighted by Gasteiger charge is -2.22. The van der Waals surface area contributed by atoms with Crippen molar-refractivity contribution in [3.8, 4) is 11.5 Å². The number of carbonyl (C=O) groups excluding carboxylic acids is 2. The smallest absolute Gasteiger partial charge is 0.324 e. The molecule has 0 bridgehead atoms. The first kappa shape index (κ1) is 23.7. The Kier molecular flexibility index (Phi) is 7.52. The van der Waals surface area contributed by atoms with E-state index in [2.05, 4.69) is 4.72 Å². The molecule has 1 heterocycles. The van der Waals surface area contributed by atoms with Crippen LogP contribution in [0.15, 0.2) is 47.4 Å². The molecule has 2 aromatic carbocycles. The number of carbonyl (C=O) groups is 2. The fraction of sp³-hybridized carbons (Fsp3) is 0.391. The highest BCUT2D eigenvalue weighted by molar-refractivity contribution is 7.89. The van der Waals surface area contributed by atoms with Crippen molar-refractivity contribution in [1.82, 2.24) is 4.72 Å². The molecule has 0 aromatic heterocycles. The number of aryl methyl sites for hydroxylation is 1. The quantitative estimate of drug-likeness (QED) is 0.452. The number of esters is 1. The first-order valence-corrected chi connectivity index (χ1v) is 11.9. The highest BCUT2D eigenvalue weighted by Crippen LogP contribution is 2.32. The number of hydrogen-bond donors (Lipinski definition) is 1. The van der Waals surface area contributed by atoms with Gasteiger partial charge in [-0.15, -0.1) is 0 Å². The van der Waals surface area contributed by atoms with Gasteiger partial charge in [0, 0.05) is 11.6 Å². The maximum Gasteiger partial charge on any atom is 0.324 e. The van der Waals surface area contributed by atoms with Crippen LogP contribution in [-0.4, -0.2) is 46.0 Å². The molecule has 0 saturated carbocycles. The molecule has 32 heavy (non-hydrogen) atoms. The summed E-state index contributed by atoms with van der Waals surface area (Å²) in [5.74, 6) is -0.811. The zero-order valence-electron chi connectivity index (χ0n) is 18.3. The van der Waals surface area contributed by atoms with Crippen LogP contribution in [0.1, 0.15) is 36.7 Å². The summed E-state index contributed by atoms with van der Waals surface area (Å²) in [7, 11) is -4.05. The number of rotatable bonds is 9. The van der Waals surface area contributed by atoms with Crippen molar-refractivity contribution in [2.75, 3.05) is 19.8 Å². The van der Waals surface area contributed by atoms with Gasteiger partial charge in [-0.3, -0.25) is 9.59 Å². The SMILES string of the molecule is CCc1ccc(C(=O)COC(=O)C(NS(=O)(=O)c2ccc3c(c2)OCCO3)C(C)C)cc1. The Morgan fingerprint density at radius 3 is 2.31 bits per heavy atom. The van der Waals surface area contributed by atoms with Crippen LogP contribution in [-0.2, 0) is 26.0 Å². The summed E-state index contributed by atoms with van der Waals surface area (Å²) >= 11 is 0. The lowest BCUT2D eigenvalue weighted by Crippen LogP contribution is -2.45. The molecule has 0 aliphatic carbocycles. The summed E-state index contributed by atoms with van der Waals surface area (Å²) in [5, 5.41) is 0. The van der Waals surface area contributed by atoms with E-state index in [4.69, 9.17) is 14.2 Å². The molecule has 0 fully saturated rings. The number of nitrogens with one attached hydrogen (secondary N) is 1. The Bertz CT molecular complexity index is 1080. The molecule has 0 radical (unpaired) electrons. The van der Waals surface area contributed by atoms with E-state index in [9.17, 15) is 18.0 Å². The summed E-state index contributed by atoms with van der Waals surface area (Å²) in [6.07, 6.45) is 0.850. The maximum atomic E-state index is 12.9. The minimum absolute atomic E-state index is 0.0627. The molecule has 0 amide bonds. The molecular formula is C23H27NO7S. The van der Waals surface area contributed by atoms with Crippen molar-refractivity contribution < 1.29 is 32.2 Å². The second-order valence-electron chi connectivity index (χ2n) is 7.73. The Hall–Kier alpha value is -2.91. The van der Waals surface area contributed by atoms with Gasteiger partial charge in [-0.1, -0.05) is 45.0 Å². The average molecular weight is 462 g/mol. The van der Waals surface area contributed by atoms with Gasteiger partial charge in [-0.25, -0.2) is 8.42 Å². The largest absolute Gasteiger partial charge is 0.486 e. The normalized spacial score (nSPS) is 14.1. The Balaban J connectivity index is 1.67. The summed E-state index contributed by atoms with van der Waals surface area (Å²) in [4.78, 5) is 24.9. The van der Waals surface area contributed by atoms with E-state index in [0.29, 0.717) is 30.3 Å². The molecule has 1 N–H and O–H groups in total. The predicted octanol–water partition coefficient (Wildman–Crippen LogP) is 2.75. The first-order chi connectivity index (χ1) is 15.2. The predicted molar refractivity (Wildman–Crippen MR) is 117 cm³/mol. The van der Waals surface area contributed by atoms with E-state index < -0.39 is 34.6 Å². The standard InChI is InChI=1S/C23H27NO7S/c1-4-16-5-7-17(8-6-16)19(25)14-31-23(26)22(15(2)3)24-32(27,28)18-9-10-20-21(13-18)30-12-11-29-20/h5-10,13,15,22,24H,4,11-12,14H2,1-3H3. The molecular weight excluding hydrogens is 434 g/mol. The molecule has 8 nitrogen and oxygen atoms in total. The summed E-state index contributed by atoms with van der Waals surface area (Å²) in [6.45, 7) is 5.61. The van der Waals surface area contributed by atoms with Gasteiger partial charge < -0.3 is 14.2 Å². The minimum atomic E-state index is -4.05. The van der Waals surface area contributed by atoms with Gasteiger partial charge in [0.1, 0.15) is 19.3 Å². The topological polar surface area (TPSA) is 108 Å². The maximum absolute atomic E-state index is 12.9. The lowest BCUT2D eigenvalue weighted by molar-refractivity contribution is -0.145. The number of Topliss-reactive ketones (excluding diaryl/α,β-unsaturated/α-hetero) is 1.